The molecule has 0 fully saturated rings. The van der Waals surface area contributed by atoms with Gasteiger partial charge in [0.1, 0.15) is 18.1 Å². The molecule has 0 saturated carbocycles. The molecule has 0 radical (unpaired) electrons. The SMILES string of the molecule is Cc1cc(F)cc(C(=O)NC(C)C)c1NC(=O)c1cc(CN=NN=C(N)C(F)(F)C(F)(F)F)nn1-c1ncccc1Cl. The Bertz CT molecular complexity index is 1550. The molecular weight excluding hydrogens is 596 g/mol. The largest absolute Gasteiger partial charge is 0.461 e. The molecule has 224 valence electrons. The number of aromatic nitrogens is 3. The van der Waals surface area contributed by atoms with Gasteiger partial charge in [-0.2, -0.15) is 32.2 Å². The van der Waals surface area contributed by atoms with Crippen molar-refractivity contribution in [3.63, 3.8) is 0 Å². The zero-order valence-electron chi connectivity index (χ0n) is 22.0. The highest BCUT2D eigenvalue weighted by Gasteiger charge is 2.61. The number of amidine groups is 1. The summed E-state index contributed by atoms with van der Waals surface area (Å²) in [5.74, 6) is -9.80. The van der Waals surface area contributed by atoms with Crippen molar-refractivity contribution in [1.29, 1.82) is 0 Å². The van der Waals surface area contributed by atoms with Gasteiger partial charge in [-0.1, -0.05) is 11.6 Å². The van der Waals surface area contributed by atoms with Gasteiger partial charge in [0.05, 0.1) is 22.0 Å². The minimum absolute atomic E-state index is 0.00365. The van der Waals surface area contributed by atoms with Gasteiger partial charge in [0.2, 0.25) is 5.84 Å². The van der Waals surface area contributed by atoms with E-state index in [9.17, 15) is 35.9 Å². The summed E-state index contributed by atoms with van der Waals surface area (Å²) in [6, 6.07) is 5.88. The summed E-state index contributed by atoms with van der Waals surface area (Å²) in [4.78, 5) is 30.2. The number of halogens is 7. The quantitative estimate of drug-likeness (QED) is 0.0993. The number of carbonyl (C=O) groups is 2. The van der Waals surface area contributed by atoms with Crippen LogP contribution in [-0.2, 0) is 6.54 Å². The van der Waals surface area contributed by atoms with Gasteiger partial charge in [-0.3, -0.25) is 9.59 Å². The predicted molar refractivity (Wildman–Crippen MR) is 139 cm³/mol. The van der Waals surface area contributed by atoms with Crippen LogP contribution < -0.4 is 16.4 Å². The number of alkyl halides is 5. The molecule has 0 saturated heterocycles. The molecule has 42 heavy (non-hydrogen) atoms. The summed E-state index contributed by atoms with van der Waals surface area (Å²) in [5.41, 5.74) is 4.51. The van der Waals surface area contributed by atoms with Crippen LogP contribution >= 0.6 is 11.6 Å². The fraction of sp³-hybridized carbons (Fsp3) is 0.292. The number of anilines is 1. The van der Waals surface area contributed by atoms with Gasteiger partial charge >= 0.3 is 12.1 Å². The first-order valence-corrected chi connectivity index (χ1v) is 12.2. The minimum Gasteiger partial charge on any atom is -0.380 e. The van der Waals surface area contributed by atoms with Crippen molar-refractivity contribution < 1.29 is 35.9 Å². The van der Waals surface area contributed by atoms with Crippen molar-refractivity contribution >= 4 is 34.9 Å². The molecule has 1 aromatic carbocycles. The molecule has 18 heteroatoms. The van der Waals surface area contributed by atoms with Crippen molar-refractivity contribution in [3.8, 4) is 5.82 Å². The summed E-state index contributed by atoms with van der Waals surface area (Å²) in [6.07, 6.45) is -4.64. The van der Waals surface area contributed by atoms with Gasteiger partial charge < -0.3 is 16.4 Å². The van der Waals surface area contributed by atoms with Crippen molar-refractivity contribution in [2.45, 2.75) is 45.5 Å². The van der Waals surface area contributed by atoms with E-state index in [0.29, 0.717) is 0 Å². The lowest BCUT2D eigenvalue weighted by Crippen LogP contribution is -2.48. The van der Waals surface area contributed by atoms with Gasteiger partial charge in [0, 0.05) is 12.2 Å². The fourth-order valence-electron chi connectivity index (χ4n) is 3.36. The van der Waals surface area contributed by atoms with E-state index in [0.717, 1.165) is 16.8 Å². The van der Waals surface area contributed by atoms with Crippen molar-refractivity contribution in [2.75, 3.05) is 5.32 Å². The first kappa shape index (κ1) is 32.0. The van der Waals surface area contributed by atoms with E-state index < -0.39 is 42.1 Å². The molecule has 0 aliphatic heterocycles. The normalized spacial score (nSPS) is 12.7. The van der Waals surface area contributed by atoms with Crippen LogP contribution in [0.5, 0.6) is 0 Å². The van der Waals surface area contributed by atoms with Crippen molar-refractivity contribution in [1.82, 2.24) is 20.1 Å². The molecule has 0 aliphatic rings. The van der Waals surface area contributed by atoms with Crippen LogP contribution in [0.2, 0.25) is 5.02 Å². The molecule has 0 unspecified atom stereocenters. The van der Waals surface area contributed by atoms with E-state index in [2.05, 4.69) is 36.2 Å². The number of nitrogens with zero attached hydrogens (tertiary/aromatic N) is 6. The first-order valence-electron chi connectivity index (χ1n) is 11.8. The van der Waals surface area contributed by atoms with Gasteiger partial charge in [0.25, 0.3) is 11.8 Å². The Kier molecular flexibility index (Phi) is 9.55. The average molecular weight is 618 g/mol. The predicted octanol–water partition coefficient (Wildman–Crippen LogP) is 5.18. The Balaban J connectivity index is 1.99. The third kappa shape index (κ3) is 7.20. The number of amides is 2. The van der Waals surface area contributed by atoms with E-state index in [1.807, 2.05) is 0 Å². The van der Waals surface area contributed by atoms with Crippen LogP contribution in [-0.4, -0.2) is 50.6 Å². The van der Waals surface area contributed by atoms with Crippen LogP contribution in [0, 0.1) is 12.7 Å². The summed E-state index contributed by atoms with van der Waals surface area (Å²) in [7, 11) is 0. The monoisotopic (exact) mass is 617 g/mol. The van der Waals surface area contributed by atoms with Crippen LogP contribution in [0.4, 0.5) is 32.0 Å². The molecule has 0 spiro atoms. The number of nitrogens with one attached hydrogen (secondary N) is 2. The van der Waals surface area contributed by atoms with Gasteiger partial charge in [-0.05, 0) is 61.9 Å². The number of benzene rings is 1. The molecule has 0 bridgehead atoms. The van der Waals surface area contributed by atoms with Crippen LogP contribution in [0.15, 0.2) is 52.0 Å². The molecule has 4 N–H and O–H groups in total. The molecule has 3 aromatic rings. The van der Waals surface area contributed by atoms with Crippen molar-refractivity contribution in [3.05, 3.63) is 69.9 Å². The number of hydrogen-bond donors (Lipinski definition) is 3. The average Bonchev–Trinajstić information content (AvgIpc) is 3.31. The highest BCUT2D eigenvalue weighted by Crippen LogP contribution is 2.35. The minimum atomic E-state index is -5.99. The molecule has 2 aromatic heterocycles. The number of hydrogen-bond acceptors (Lipinski definition) is 6. The second-order valence-corrected chi connectivity index (χ2v) is 9.32. The molecule has 3 rings (SSSR count). The second-order valence-electron chi connectivity index (χ2n) is 8.92. The molecule has 11 nitrogen and oxygen atoms in total. The Morgan fingerprint density at radius 3 is 2.45 bits per heavy atom. The Hall–Kier alpha value is -4.54. The zero-order valence-corrected chi connectivity index (χ0v) is 22.7. The maximum absolute atomic E-state index is 14.2. The standard InChI is InChI=1S/C24H22ClF6N9O2/c1-11(2)35-20(41)15-8-13(26)7-12(3)18(15)36-21(42)17-9-14(38-40(17)19-16(25)5-4-6-33-19)10-34-39-37-22(32)23(27,28)24(29,30)31/h4-9,11H,10H2,1-3H3,(H,35,41)(H,36,42)(H2,32,34,37). The summed E-state index contributed by atoms with van der Waals surface area (Å²) in [5, 5.41) is 18.3. The number of rotatable bonds is 9. The number of carbonyl (C=O) groups excluding carboxylic acids is 2. The second kappa shape index (κ2) is 12.5. The topological polar surface area (TPSA) is 152 Å². The zero-order chi connectivity index (χ0) is 31.4. The lowest BCUT2D eigenvalue weighted by molar-refractivity contribution is -0.249. The molecule has 0 aliphatic carbocycles. The lowest BCUT2D eigenvalue weighted by Gasteiger charge is -2.17. The molecule has 2 heterocycles. The Morgan fingerprint density at radius 1 is 1.14 bits per heavy atom. The highest BCUT2D eigenvalue weighted by molar-refractivity contribution is 6.32. The number of aryl methyl sites for hydroxylation is 1. The summed E-state index contributed by atoms with van der Waals surface area (Å²) < 4.78 is 78.8. The fourth-order valence-corrected chi connectivity index (χ4v) is 3.56. The smallest absolute Gasteiger partial charge is 0.380 e. The lowest BCUT2D eigenvalue weighted by atomic mass is 10.1. The van der Waals surface area contributed by atoms with Crippen LogP contribution in [0.3, 0.4) is 0 Å². The van der Waals surface area contributed by atoms with E-state index in [1.165, 1.54) is 31.3 Å². The van der Waals surface area contributed by atoms with Crippen LogP contribution in [0.1, 0.15) is 46.0 Å². The third-order valence-electron chi connectivity index (χ3n) is 5.26. The summed E-state index contributed by atoms with van der Waals surface area (Å²) >= 11 is 6.22. The summed E-state index contributed by atoms with van der Waals surface area (Å²) in [6.45, 7) is 4.30. The number of pyridine rings is 1. The van der Waals surface area contributed by atoms with Gasteiger partial charge in [-0.25, -0.2) is 14.1 Å². The molecular formula is C24H22ClF6N9O2. The Labute approximate surface area is 238 Å². The van der Waals surface area contributed by atoms with E-state index >= 15 is 0 Å². The molecule has 2 amide bonds. The maximum atomic E-state index is 14.2. The van der Waals surface area contributed by atoms with E-state index in [-0.39, 0.29) is 45.1 Å². The molecule has 0 atom stereocenters. The van der Waals surface area contributed by atoms with Crippen LogP contribution in [0.25, 0.3) is 5.82 Å². The maximum Gasteiger partial charge on any atom is 0.461 e. The number of nitrogens with two attached hydrogens (primary N) is 1. The highest BCUT2D eigenvalue weighted by atomic mass is 35.5. The van der Waals surface area contributed by atoms with E-state index in [4.69, 9.17) is 17.3 Å². The van der Waals surface area contributed by atoms with Gasteiger partial charge in [-0.15, -0.1) is 5.10 Å². The van der Waals surface area contributed by atoms with E-state index in [1.54, 1.807) is 13.8 Å². The van der Waals surface area contributed by atoms with Crippen molar-refractivity contribution in [2.24, 2.45) is 21.2 Å². The Morgan fingerprint density at radius 2 is 1.83 bits per heavy atom. The van der Waals surface area contributed by atoms with Gasteiger partial charge in [0.15, 0.2) is 5.82 Å². The third-order valence-corrected chi connectivity index (χ3v) is 5.56. The first-order chi connectivity index (χ1) is 19.5.